The predicted molar refractivity (Wildman–Crippen MR) is 67.8 cm³/mol. The van der Waals surface area contributed by atoms with E-state index in [2.05, 4.69) is 34.9 Å². The van der Waals surface area contributed by atoms with Crippen LogP contribution in [-0.2, 0) is 0 Å². The van der Waals surface area contributed by atoms with Gasteiger partial charge in [0.15, 0.2) is 5.75 Å². The van der Waals surface area contributed by atoms with Crippen molar-refractivity contribution < 1.29 is 4.74 Å². The molecule has 0 aliphatic heterocycles. The topological polar surface area (TPSA) is 27.1 Å². The molecule has 1 aromatic rings. The van der Waals surface area contributed by atoms with Crippen molar-refractivity contribution in [2.45, 2.75) is 58.1 Å². The Morgan fingerprint density at radius 2 is 2.06 bits per heavy atom. The van der Waals surface area contributed by atoms with Crippen molar-refractivity contribution in [3.63, 3.8) is 0 Å². The standard InChI is InChI=1S/C12H19BrN2O/c1-9(2)15-12(13)11(8-14-15)16-10-6-4-3-5-7-10/h8-10H,3-7H2,1-2H3. The fourth-order valence-electron chi connectivity index (χ4n) is 2.13. The highest BCUT2D eigenvalue weighted by Gasteiger charge is 2.18. The van der Waals surface area contributed by atoms with Gasteiger partial charge in [-0.05, 0) is 55.5 Å². The quantitative estimate of drug-likeness (QED) is 0.842. The number of ether oxygens (including phenoxy) is 1. The zero-order valence-electron chi connectivity index (χ0n) is 9.95. The Morgan fingerprint density at radius 3 is 2.62 bits per heavy atom. The van der Waals surface area contributed by atoms with Crippen LogP contribution in [0.15, 0.2) is 10.8 Å². The molecule has 4 heteroatoms. The molecule has 0 spiro atoms. The number of hydrogen-bond acceptors (Lipinski definition) is 2. The monoisotopic (exact) mass is 286 g/mol. The fraction of sp³-hybridized carbons (Fsp3) is 0.750. The molecule has 1 aromatic heterocycles. The summed E-state index contributed by atoms with van der Waals surface area (Å²) in [5.41, 5.74) is 0. The van der Waals surface area contributed by atoms with Crippen LogP contribution in [0, 0.1) is 0 Å². The predicted octanol–water partition coefficient (Wildman–Crippen LogP) is 3.94. The first-order valence-electron chi connectivity index (χ1n) is 6.08. The second-order valence-electron chi connectivity index (χ2n) is 4.72. The number of rotatable bonds is 3. The number of halogens is 1. The molecular weight excluding hydrogens is 268 g/mol. The van der Waals surface area contributed by atoms with E-state index >= 15 is 0 Å². The molecule has 2 rings (SSSR count). The summed E-state index contributed by atoms with van der Waals surface area (Å²) in [6.07, 6.45) is 8.50. The molecular formula is C12H19BrN2O. The van der Waals surface area contributed by atoms with Gasteiger partial charge in [-0.3, -0.25) is 4.68 Å². The third kappa shape index (κ3) is 2.59. The van der Waals surface area contributed by atoms with Crippen molar-refractivity contribution in [2.24, 2.45) is 0 Å². The highest BCUT2D eigenvalue weighted by atomic mass is 79.9. The molecule has 0 unspecified atom stereocenters. The Hall–Kier alpha value is -0.510. The van der Waals surface area contributed by atoms with Gasteiger partial charge in [-0.25, -0.2) is 0 Å². The first kappa shape index (κ1) is 12.0. The molecule has 0 amide bonds. The van der Waals surface area contributed by atoms with Gasteiger partial charge in [-0.15, -0.1) is 0 Å². The summed E-state index contributed by atoms with van der Waals surface area (Å²) in [7, 11) is 0. The smallest absolute Gasteiger partial charge is 0.172 e. The lowest BCUT2D eigenvalue weighted by Gasteiger charge is -2.22. The van der Waals surface area contributed by atoms with Gasteiger partial charge in [0, 0.05) is 6.04 Å². The first-order chi connectivity index (χ1) is 7.68. The molecule has 90 valence electrons. The molecule has 16 heavy (non-hydrogen) atoms. The van der Waals surface area contributed by atoms with Gasteiger partial charge < -0.3 is 4.74 Å². The Morgan fingerprint density at radius 1 is 1.38 bits per heavy atom. The average molecular weight is 287 g/mol. The van der Waals surface area contributed by atoms with Crippen LogP contribution in [0.2, 0.25) is 0 Å². The van der Waals surface area contributed by atoms with Crippen molar-refractivity contribution in [3.05, 3.63) is 10.8 Å². The summed E-state index contributed by atoms with van der Waals surface area (Å²) < 4.78 is 8.90. The molecule has 1 fully saturated rings. The summed E-state index contributed by atoms with van der Waals surface area (Å²) >= 11 is 3.55. The van der Waals surface area contributed by atoms with Crippen LogP contribution in [0.4, 0.5) is 0 Å². The first-order valence-corrected chi connectivity index (χ1v) is 6.87. The number of hydrogen-bond donors (Lipinski definition) is 0. The molecule has 0 saturated heterocycles. The minimum Gasteiger partial charge on any atom is -0.486 e. The van der Waals surface area contributed by atoms with Gasteiger partial charge in [-0.1, -0.05) is 6.42 Å². The van der Waals surface area contributed by atoms with E-state index in [-0.39, 0.29) is 0 Å². The van der Waals surface area contributed by atoms with Crippen LogP contribution in [-0.4, -0.2) is 15.9 Å². The molecule has 1 heterocycles. The van der Waals surface area contributed by atoms with Crippen molar-refractivity contribution in [1.82, 2.24) is 9.78 Å². The molecule has 0 radical (unpaired) electrons. The zero-order valence-corrected chi connectivity index (χ0v) is 11.5. The maximum Gasteiger partial charge on any atom is 0.172 e. The molecule has 0 atom stereocenters. The van der Waals surface area contributed by atoms with E-state index in [9.17, 15) is 0 Å². The maximum absolute atomic E-state index is 5.99. The molecule has 0 bridgehead atoms. The lowest BCUT2D eigenvalue weighted by molar-refractivity contribution is 0.153. The van der Waals surface area contributed by atoms with Crippen LogP contribution in [0.1, 0.15) is 52.0 Å². The van der Waals surface area contributed by atoms with E-state index in [4.69, 9.17) is 4.74 Å². The van der Waals surface area contributed by atoms with Crippen molar-refractivity contribution in [2.75, 3.05) is 0 Å². The van der Waals surface area contributed by atoms with Crippen LogP contribution in [0.25, 0.3) is 0 Å². The lowest BCUT2D eigenvalue weighted by Crippen LogP contribution is -2.19. The Balaban J connectivity index is 2.03. The minimum absolute atomic E-state index is 0.359. The van der Waals surface area contributed by atoms with Crippen LogP contribution in [0.5, 0.6) is 5.75 Å². The third-order valence-corrected chi connectivity index (χ3v) is 3.79. The largest absolute Gasteiger partial charge is 0.486 e. The molecule has 0 aromatic carbocycles. The summed E-state index contributed by atoms with van der Waals surface area (Å²) in [6, 6.07) is 0.359. The van der Waals surface area contributed by atoms with Gasteiger partial charge >= 0.3 is 0 Å². The number of aromatic nitrogens is 2. The zero-order chi connectivity index (χ0) is 11.5. The van der Waals surface area contributed by atoms with E-state index in [1.807, 2.05) is 10.9 Å². The highest BCUT2D eigenvalue weighted by molar-refractivity contribution is 9.10. The number of nitrogens with zero attached hydrogens (tertiary/aromatic N) is 2. The van der Waals surface area contributed by atoms with E-state index in [0.29, 0.717) is 12.1 Å². The van der Waals surface area contributed by atoms with Gasteiger partial charge in [0.1, 0.15) is 4.60 Å². The molecule has 1 aliphatic rings. The van der Waals surface area contributed by atoms with Gasteiger partial charge in [0.05, 0.1) is 12.3 Å². The summed E-state index contributed by atoms with van der Waals surface area (Å²) in [5, 5.41) is 4.33. The van der Waals surface area contributed by atoms with Crippen molar-refractivity contribution >= 4 is 15.9 Å². The molecule has 3 nitrogen and oxygen atoms in total. The van der Waals surface area contributed by atoms with Crippen LogP contribution >= 0.6 is 15.9 Å². The summed E-state index contributed by atoms with van der Waals surface area (Å²) in [5.74, 6) is 0.889. The maximum atomic E-state index is 5.99. The van der Waals surface area contributed by atoms with E-state index < -0.39 is 0 Å². The normalized spacial score (nSPS) is 18.0. The second kappa shape index (κ2) is 5.21. The van der Waals surface area contributed by atoms with Crippen molar-refractivity contribution in [1.29, 1.82) is 0 Å². The SMILES string of the molecule is CC(C)n1ncc(OC2CCCCC2)c1Br. The van der Waals surface area contributed by atoms with E-state index in [1.165, 1.54) is 32.1 Å². The summed E-state index contributed by atoms with van der Waals surface area (Å²) in [4.78, 5) is 0. The Labute approximate surface area is 105 Å². The summed E-state index contributed by atoms with van der Waals surface area (Å²) in [6.45, 7) is 4.23. The van der Waals surface area contributed by atoms with Crippen LogP contribution < -0.4 is 4.74 Å². The third-order valence-electron chi connectivity index (χ3n) is 3.04. The Bertz CT molecular complexity index is 343. The molecule has 0 N–H and O–H groups in total. The van der Waals surface area contributed by atoms with E-state index in [1.54, 1.807) is 0 Å². The molecule has 1 aliphatic carbocycles. The van der Waals surface area contributed by atoms with Crippen LogP contribution in [0.3, 0.4) is 0 Å². The molecule has 1 saturated carbocycles. The highest BCUT2D eigenvalue weighted by Crippen LogP contribution is 2.30. The average Bonchev–Trinajstić information content (AvgIpc) is 2.62. The van der Waals surface area contributed by atoms with Gasteiger partial charge in [-0.2, -0.15) is 5.10 Å². The van der Waals surface area contributed by atoms with Crippen molar-refractivity contribution in [3.8, 4) is 5.75 Å². The lowest BCUT2D eigenvalue weighted by atomic mass is 9.98. The second-order valence-corrected chi connectivity index (χ2v) is 5.47. The fourth-order valence-corrected chi connectivity index (χ4v) is 2.83. The van der Waals surface area contributed by atoms with E-state index in [0.717, 1.165) is 10.4 Å². The minimum atomic E-state index is 0.359. The van der Waals surface area contributed by atoms with Gasteiger partial charge in [0.2, 0.25) is 0 Å². The van der Waals surface area contributed by atoms with Gasteiger partial charge in [0.25, 0.3) is 0 Å². The Kier molecular flexibility index (Phi) is 3.90.